The first-order chi connectivity index (χ1) is 8.49. The van der Waals surface area contributed by atoms with Crippen LogP contribution in [-0.2, 0) is 4.57 Å². The molecule has 0 aliphatic rings. The van der Waals surface area contributed by atoms with Gasteiger partial charge in [0.15, 0.2) is 0 Å². The standard InChI is InChI=1S/C14H15O3P/c1-11-7-9-13(10-8-11)18(15,16)17-14-6-4-3-5-12(14)2/h3-10H,1-2H3,(H,15,16). The van der Waals surface area contributed by atoms with Gasteiger partial charge in [-0.05, 0) is 37.6 Å². The zero-order chi connectivity index (χ0) is 13.2. The van der Waals surface area contributed by atoms with Gasteiger partial charge >= 0.3 is 7.60 Å². The van der Waals surface area contributed by atoms with Crippen LogP contribution in [0.4, 0.5) is 0 Å². The van der Waals surface area contributed by atoms with Gasteiger partial charge in [0.1, 0.15) is 5.75 Å². The van der Waals surface area contributed by atoms with E-state index in [1.165, 1.54) is 0 Å². The number of rotatable bonds is 3. The maximum Gasteiger partial charge on any atom is 0.408 e. The molecule has 0 saturated heterocycles. The fraction of sp³-hybridized carbons (Fsp3) is 0.143. The van der Waals surface area contributed by atoms with E-state index in [0.29, 0.717) is 11.1 Å². The number of benzene rings is 2. The first-order valence-electron chi connectivity index (χ1n) is 5.64. The predicted octanol–water partition coefficient (Wildman–Crippen LogP) is 3.19. The van der Waals surface area contributed by atoms with Crippen LogP contribution in [0.1, 0.15) is 11.1 Å². The molecule has 0 aromatic heterocycles. The summed E-state index contributed by atoms with van der Waals surface area (Å²) >= 11 is 0. The van der Waals surface area contributed by atoms with Crippen molar-refractivity contribution in [3.05, 3.63) is 59.7 Å². The van der Waals surface area contributed by atoms with Crippen LogP contribution in [0.15, 0.2) is 48.5 Å². The van der Waals surface area contributed by atoms with E-state index in [4.69, 9.17) is 4.52 Å². The maximum absolute atomic E-state index is 12.2. The fourth-order valence-corrected chi connectivity index (χ4v) is 2.68. The minimum atomic E-state index is -3.81. The highest BCUT2D eigenvalue weighted by Crippen LogP contribution is 2.42. The molecule has 1 N–H and O–H groups in total. The molecule has 94 valence electrons. The van der Waals surface area contributed by atoms with Crippen molar-refractivity contribution in [1.29, 1.82) is 0 Å². The molecule has 0 spiro atoms. The minimum Gasteiger partial charge on any atom is -0.421 e. The Balaban J connectivity index is 2.30. The summed E-state index contributed by atoms with van der Waals surface area (Å²) < 4.78 is 17.5. The van der Waals surface area contributed by atoms with Crippen LogP contribution in [0, 0.1) is 13.8 Å². The Morgan fingerprint density at radius 2 is 1.61 bits per heavy atom. The summed E-state index contributed by atoms with van der Waals surface area (Å²) in [6.45, 7) is 3.76. The third kappa shape index (κ3) is 2.81. The van der Waals surface area contributed by atoms with Gasteiger partial charge < -0.3 is 9.42 Å². The highest BCUT2D eigenvalue weighted by molar-refractivity contribution is 7.61. The van der Waals surface area contributed by atoms with E-state index in [1.807, 2.05) is 26.0 Å². The molecule has 0 bridgehead atoms. The zero-order valence-corrected chi connectivity index (χ0v) is 11.2. The van der Waals surface area contributed by atoms with Crippen LogP contribution >= 0.6 is 7.60 Å². The second-order valence-corrected chi connectivity index (χ2v) is 5.95. The first-order valence-corrected chi connectivity index (χ1v) is 7.22. The lowest BCUT2D eigenvalue weighted by molar-refractivity contribution is 0.392. The molecule has 0 aliphatic carbocycles. The summed E-state index contributed by atoms with van der Waals surface area (Å²) in [4.78, 5) is 9.99. The lowest BCUT2D eigenvalue weighted by Gasteiger charge is -2.15. The normalized spacial score (nSPS) is 13.9. The summed E-state index contributed by atoms with van der Waals surface area (Å²) in [7, 11) is -3.81. The average molecular weight is 262 g/mol. The molecule has 0 amide bonds. The fourth-order valence-electron chi connectivity index (χ4n) is 1.58. The third-order valence-electron chi connectivity index (χ3n) is 2.68. The van der Waals surface area contributed by atoms with Crippen LogP contribution in [0.25, 0.3) is 0 Å². The Hall–Kier alpha value is -1.57. The van der Waals surface area contributed by atoms with Crippen molar-refractivity contribution in [2.24, 2.45) is 0 Å². The summed E-state index contributed by atoms with van der Waals surface area (Å²) in [5, 5.41) is 0.302. The Labute approximate surface area is 107 Å². The van der Waals surface area contributed by atoms with Crippen LogP contribution in [-0.4, -0.2) is 4.89 Å². The quantitative estimate of drug-likeness (QED) is 0.864. The van der Waals surface area contributed by atoms with Crippen molar-refractivity contribution < 1.29 is 14.0 Å². The molecule has 2 rings (SSSR count). The molecule has 1 atom stereocenters. The van der Waals surface area contributed by atoms with Gasteiger partial charge in [-0.3, -0.25) is 0 Å². The molecule has 1 unspecified atom stereocenters. The van der Waals surface area contributed by atoms with Gasteiger partial charge in [0.05, 0.1) is 5.30 Å². The van der Waals surface area contributed by atoms with Crippen molar-refractivity contribution >= 4 is 12.9 Å². The molecule has 0 saturated carbocycles. The molecule has 4 heteroatoms. The van der Waals surface area contributed by atoms with Crippen molar-refractivity contribution in [3.8, 4) is 5.75 Å². The van der Waals surface area contributed by atoms with E-state index in [-0.39, 0.29) is 0 Å². The van der Waals surface area contributed by atoms with Crippen LogP contribution in [0.3, 0.4) is 0 Å². The van der Waals surface area contributed by atoms with E-state index in [2.05, 4.69) is 0 Å². The van der Waals surface area contributed by atoms with Gasteiger partial charge in [0.2, 0.25) is 0 Å². The monoisotopic (exact) mass is 262 g/mol. The van der Waals surface area contributed by atoms with Gasteiger partial charge in [-0.1, -0.05) is 35.9 Å². The SMILES string of the molecule is Cc1ccc(P(=O)(O)Oc2ccccc2C)cc1. The largest absolute Gasteiger partial charge is 0.421 e. The Bertz CT molecular complexity index is 590. The first kappa shape index (κ1) is 12.9. The van der Waals surface area contributed by atoms with Gasteiger partial charge in [0.25, 0.3) is 0 Å². The maximum atomic E-state index is 12.2. The molecule has 0 heterocycles. The zero-order valence-electron chi connectivity index (χ0n) is 10.3. The van der Waals surface area contributed by atoms with Crippen molar-refractivity contribution in [1.82, 2.24) is 0 Å². The van der Waals surface area contributed by atoms with E-state index in [0.717, 1.165) is 11.1 Å². The third-order valence-corrected chi connectivity index (χ3v) is 4.07. The molecule has 0 aliphatic heterocycles. The van der Waals surface area contributed by atoms with Crippen molar-refractivity contribution in [3.63, 3.8) is 0 Å². The molecular formula is C14H15O3P. The van der Waals surface area contributed by atoms with Gasteiger partial charge in [-0.2, -0.15) is 0 Å². The smallest absolute Gasteiger partial charge is 0.408 e. The highest BCUT2D eigenvalue weighted by Gasteiger charge is 2.24. The van der Waals surface area contributed by atoms with Crippen LogP contribution < -0.4 is 9.83 Å². The lowest BCUT2D eigenvalue weighted by atomic mass is 10.2. The molecule has 2 aromatic rings. The lowest BCUT2D eigenvalue weighted by Crippen LogP contribution is -2.09. The van der Waals surface area contributed by atoms with E-state index in [1.54, 1.807) is 36.4 Å². The number of hydrogen-bond acceptors (Lipinski definition) is 2. The molecule has 2 aromatic carbocycles. The van der Waals surface area contributed by atoms with Gasteiger partial charge in [0, 0.05) is 0 Å². The summed E-state index contributed by atoms with van der Waals surface area (Å²) in [6.07, 6.45) is 0. The summed E-state index contributed by atoms with van der Waals surface area (Å²) in [5.41, 5.74) is 1.87. The topological polar surface area (TPSA) is 46.5 Å². The van der Waals surface area contributed by atoms with Gasteiger partial charge in [-0.15, -0.1) is 0 Å². The van der Waals surface area contributed by atoms with Crippen molar-refractivity contribution in [2.45, 2.75) is 13.8 Å². The number of para-hydroxylation sites is 1. The molecule has 3 nitrogen and oxygen atoms in total. The summed E-state index contributed by atoms with van der Waals surface area (Å²) in [6, 6.07) is 14.0. The minimum absolute atomic E-state index is 0.302. The Morgan fingerprint density at radius 1 is 1.00 bits per heavy atom. The van der Waals surface area contributed by atoms with E-state index in [9.17, 15) is 9.46 Å². The van der Waals surface area contributed by atoms with E-state index >= 15 is 0 Å². The number of hydrogen-bond donors (Lipinski definition) is 1. The predicted molar refractivity (Wildman–Crippen MR) is 72.4 cm³/mol. The average Bonchev–Trinajstić information content (AvgIpc) is 2.32. The second kappa shape index (κ2) is 4.97. The van der Waals surface area contributed by atoms with Crippen molar-refractivity contribution in [2.75, 3.05) is 0 Å². The Morgan fingerprint density at radius 3 is 2.22 bits per heavy atom. The molecule has 0 fully saturated rings. The molecule has 0 radical (unpaired) electrons. The number of aryl methyl sites for hydroxylation is 2. The Kier molecular flexibility index (Phi) is 3.55. The highest BCUT2D eigenvalue weighted by atomic mass is 31.2. The van der Waals surface area contributed by atoms with Gasteiger partial charge in [-0.25, -0.2) is 4.57 Å². The second-order valence-electron chi connectivity index (χ2n) is 4.21. The molecule has 18 heavy (non-hydrogen) atoms. The molecular weight excluding hydrogens is 247 g/mol. The summed E-state index contributed by atoms with van der Waals surface area (Å²) in [5.74, 6) is 0.434. The van der Waals surface area contributed by atoms with Crippen LogP contribution in [0.2, 0.25) is 0 Å². The van der Waals surface area contributed by atoms with E-state index < -0.39 is 7.60 Å². The van der Waals surface area contributed by atoms with Crippen LogP contribution in [0.5, 0.6) is 5.75 Å².